The fourth-order valence-electron chi connectivity index (χ4n) is 0.955. The normalized spacial score (nSPS) is 12.9. The van der Waals surface area contributed by atoms with E-state index in [1.165, 1.54) is 12.8 Å². The molecule has 0 bridgehead atoms. The standard InChI is InChI=1S/C10H18/c1-4-7-9-10(6-3)8-5-2/h4,6-7H,5,8-9H2,1-3H3. The zero-order valence-corrected chi connectivity index (χ0v) is 7.35. The Labute approximate surface area is 64.6 Å². The van der Waals surface area contributed by atoms with Crippen LogP contribution in [0, 0.1) is 0 Å². The average molecular weight is 138 g/mol. The lowest BCUT2D eigenvalue weighted by molar-refractivity contribution is 0.877. The van der Waals surface area contributed by atoms with Gasteiger partial charge in [0, 0.05) is 0 Å². The summed E-state index contributed by atoms with van der Waals surface area (Å²) in [6.07, 6.45) is 10.2. The topological polar surface area (TPSA) is 0 Å². The zero-order chi connectivity index (χ0) is 7.82. The Bertz CT molecular complexity index is 118. The van der Waals surface area contributed by atoms with Crippen LogP contribution < -0.4 is 0 Å². The highest BCUT2D eigenvalue weighted by molar-refractivity contribution is 5.05. The summed E-state index contributed by atoms with van der Waals surface area (Å²) >= 11 is 0. The van der Waals surface area contributed by atoms with Crippen LogP contribution in [0.4, 0.5) is 0 Å². The molecule has 0 aromatic carbocycles. The molecule has 10 heavy (non-hydrogen) atoms. The van der Waals surface area contributed by atoms with Crippen molar-refractivity contribution in [2.24, 2.45) is 0 Å². The summed E-state index contributed by atoms with van der Waals surface area (Å²) in [5.74, 6) is 0. The van der Waals surface area contributed by atoms with Crippen LogP contribution in [0.3, 0.4) is 0 Å². The van der Waals surface area contributed by atoms with Crippen molar-refractivity contribution in [2.45, 2.75) is 40.0 Å². The van der Waals surface area contributed by atoms with Crippen LogP contribution in [0.2, 0.25) is 0 Å². The predicted molar refractivity (Wildman–Crippen MR) is 48.1 cm³/mol. The molecule has 0 aliphatic rings. The summed E-state index contributed by atoms with van der Waals surface area (Å²) in [4.78, 5) is 0. The van der Waals surface area contributed by atoms with Crippen molar-refractivity contribution in [3.8, 4) is 0 Å². The molecule has 0 amide bonds. The van der Waals surface area contributed by atoms with Gasteiger partial charge in [-0.15, -0.1) is 0 Å². The van der Waals surface area contributed by atoms with Crippen molar-refractivity contribution in [1.29, 1.82) is 0 Å². The van der Waals surface area contributed by atoms with Gasteiger partial charge in [-0.3, -0.25) is 0 Å². The first-order valence-corrected chi connectivity index (χ1v) is 4.10. The summed E-state index contributed by atoms with van der Waals surface area (Å²) in [5.41, 5.74) is 1.56. The predicted octanol–water partition coefficient (Wildman–Crippen LogP) is 3.70. The molecule has 0 nitrogen and oxygen atoms in total. The Hall–Kier alpha value is -0.520. The van der Waals surface area contributed by atoms with Crippen LogP contribution in [0.25, 0.3) is 0 Å². The van der Waals surface area contributed by atoms with E-state index in [1.807, 2.05) is 0 Å². The minimum Gasteiger partial charge on any atom is -0.0913 e. The van der Waals surface area contributed by atoms with Crippen molar-refractivity contribution in [3.05, 3.63) is 23.8 Å². The fourth-order valence-corrected chi connectivity index (χ4v) is 0.955. The van der Waals surface area contributed by atoms with Crippen LogP contribution in [-0.4, -0.2) is 0 Å². The second-order valence-electron chi connectivity index (χ2n) is 2.47. The van der Waals surface area contributed by atoms with Gasteiger partial charge in [0.1, 0.15) is 0 Å². The monoisotopic (exact) mass is 138 g/mol. The molecule has 0 saturated heterocycles. The van der Waals surface area contributed by atoms with E-state index in [0.717, 1.165) is 6.42 Å². The molecule has 0 aliphatic carbocycles. The Kier molecular flexibility index (Phi) is 6.25. The summed E-state index contributed by atoms with van der Waals surface area (Å²) in [7, 11) is 0. The molecular weight excluding hydrogens is 120 g/mol. The van der Waals surface area contributed by atoms with Gasteiger partial charge in [0.25, 0.3) is 0 Å². The Balaban J connectivity index is 3.62. The SMILES string of the molecule is CC=CCC(=CC)CCC. The van der Waals surface area contributed by atoms with Crippen LogP contribution in [0.1, 0.15) is 40.0 Å². The second kappa shape index (κ2) is 6.60. The van der Waals surface area contributed by atoms with Crippen molar-refractivity contribution in [2.75, 3.05) is 0 Å². The third kappa shape index (κ3) is 4.37. The molecule has 0 atom stereocenters. The van der Waals surface area contributed by atoms with Crippen LogP contribution in [-0.2, 0) is 0 Å². The quantitative estimate of drug-likeness (QED) is 0.520. The Morgan fingerprint density at radius 3 is 2.40 bits per heavy atom. The van der Waals surface area contributed by atoms with Crippen molar-refractivity contribution >= 4 is 0 Å². The molecule has 0 aromatic heterocycles. The maximum absolute atomic E-state index is 2.23. The Morgan fingerprint density at radius 1 is 1.30 bits per heavy atom. The van der Waals surface area contributed by atoms with Gasteiger partial charge >= 0.3 is 0 Å². The van der Waals surface area contributed by atoms with Crippen LogP contribution in [0.15, 0.2) is 23.8 Å². The molecule has 58 valence electrons. The smallest absolute Gasteiger partial charge is 0.0139 e. The van der Waals surface area contributed by atoms with Crippen molar-refractivity contribution in [1.82, 2.24) is 0 Å². The average Bonchev–Trinajstić information content (AvgIpc) is 1.98. The lowest BCUT2D eigenvalue weighted by atomic mass is 10.1. The van der Waals surface area contributed by atoms with E-state index in [2.05, 4.69) is 39.0 Å². The van der Waals surface area contributed by atoms with E-state index >= 15 is 0 Å². The van der Waals surface area contributed by atoms with Gasteiger partial charge in [0.15, 0.2) is 0 Å². The summed E-state index contributed by atoms with van der Waals surface area (Å²) in [5, 5.41) is 0. The van der Waals surface area contributed by atoms with Crippen LogP contribution >= 0.6 is 0 Å². The highest BCUT2D eigenvalue weighted by atomic mass is 14.0. The van der Waals surface area contributed by atoms with Gasteiger partial charge < -0.3 is 0 Å². The maximum atomic E-state index is 2.23. The molecular formula is C10H18. The summed E-state index contributed by atoms with van der Waals surface area (Å²) < 4.78 is 0. The van der Waals surface area contributed by atoms with Crippen molar-refractivity contribution in [3.63, 3.8) is 0 Å². The third-order valence-electron chi connectivity index (χ3n) is 1.60. The van der Waals surface area contributed by atoms with Gasteiger partial charge in [0.05, 0.1) is 0 Å². The highest BCUT2D eigenvalue weighted by Crippen LogP contribution is 2.09. The minimum atomic E-state index is 1.14. The molecule has 0 unspecified atom stereocenters. The van der Waals surface area contributed by atoms with Gasteiger partial charge in [-0.05, 0) is 26.7 Å². The Morgan fingerprint density at radius 2 is 2.00 bits per heavy atom. The molecule has 0 heteroatoms. The van der Waals surface area contributed by atoms with Gasteiger partial charge in [0.2, 0.25) is 0 Å². The first-order valence-electron chi connectivity index (χ1n) is 4.10. The van der Waals surface area contributed by atoms with E-state index in [-0.39, 0.29) is 0 Å². The molecule has 0 fully saturated rings. The lowest BCUT2D eigenvalue weighted by Gasteiger charge is -1.99. The molecule has 0 N–H and O–H groups in total. The molecule has 0 saturated carbocycles. The van der Waals surface area contributed by atoms with Gasteiger partial charge in [-0.25, -0.2) is 0 Å². The van der Waals surface area contributed by atoms with E-state index in [0.29, 0.717) is 0 Å². The molecule has 0 spiro atoms. The zero-order valence-electron chi connectivity index (χ0n) is 7.35. The summed E-state index contributed by atoms with van der Waals surface area (Å²) in [6, 6.07) is 0. The molecule has 0 rings (SSSR count). The first-order chi connectivity index (χ1) is 4.85. The molecule has 0 heterocycles. The molecule has 0 aromatic rings. The third-order valence-corrected chi connectivity index (χ3v) is 1.60. The second-order valence-corrected chi connectivity index (χ2v) is 2.47. The van der Waals surface area contributed by atoms with E-state index < -0.39 is 0 Å². The van der Waals surface area contributed by atoms with Gasteiger partial charge in [-0.2, -0.15) is 0 Å². The number of allylic oxidation sites excluding steroid dienone is 4. The van der Waals surface area contributed by atoms with Gasteiger partial charge in [-0.1, -0.05) is 37.1 Å². The maximum Gasteiger partial charge on any atom is -0.0139 e. The molecule has 0 radical (unpaired) electrons. The van der Waals surface area contributed by atoms with E-state index in [1.54, 1.807) is 5.57 Å². The fraction of sp³-hybridized carbons (Fsp3) is 0.600. The van der Waals surface area contributed by atoms with E-state index in [4.69, 9.17) is 0 Å². The highest BCUT2D eigenvalue weighted by Gasteiger charge is 1.89. The molecule has 0 aliphatic heterocycles. The summed E-state index contributed by atoms with van der Waals surface area (Å²) in [6.45, 7) is 6.41. The number of hydrogen-bond acceptors (Lipinski definition) is 0. The first kappa shape index (κ1) is 9.48. The van der Waals surface area contributed by atoms with E-state index in [9.17, 15) is 0 Å². The van der Waals surface area contributed by atoms with Crippen molar-refractivity contribution < 1.29 is 0 Å². The largest absolute Gasteiger partial charge is 0.0913 e. The minimum absolute atomic E-state index is 1.14. The van der Waals surface area contributed by atoms with Crippen LogP contribution in [0.5, 0.6) is 0 Å². The number of hydrogen-bond donors (Lipinski definition) is 0. The number of rotatable bonds is 4. The lowest BCUT2D eigenvalue weighted by Crippen LogP contribution is -1.78.